The number of aliphatic imine (C=N–C) groups is 1. The fraction of sp³-hybridized carbons (Fsp3) is 0.588. The van der Waals surface area contributed by atoms with Gasteiger partial charge in [-0.1, -0.05) is 24.3 Å². The van der Waals surface area contributed by atoms with E-state index in [1.165, 1.54) is 24.0 Å². The fourth-order valence-corrected chi connectivity index (χ4v) is 2.78. The summed E-state index contributed by atoms with van der Waals surface area (Å²) >= 11 is 0. The highest BCUT2D eigenvalue weighted by atomic mass is 16.5. The maximum Gasteiger partial charge on any atom is 0.194 e. The minimum Gasteiger partial charge on any atom is -0.379 e. The van der Waals surface area contributed by atoms with Crippen molar-refractivity contribution in [2.24, 2.45) is 10.9 Å². The highest BCUT2D eigenvalue weighted by Gasteiger charge is 2.21. The molecule has 0 saturated heterocycles. The molecule has 2 aliphatic rings. The third-order valence-electron chi connectivity index (χ3n) is 4.22. The number of hydrogen-bond donors (Lipinski definition) is 1. The number of benzene rings is 1. The second-order valence-corrected chi connectivity index (χ2v) is 5.93. The number of fused-ring (bicyclic) bond motifs is 1. The largest absolute Gasteiger partial charge is 0.379 e. The van der Waals surface area contributed by atoms with E-state index in [4.69, 9.17) is 4.74 Å². The number of ether oxygens (including phenoxy) is 1. The molecular weight excluding hydrogens is 262 g/mol. The summed E-state index contributed by atoms with van der Waals surface area (Å²) in [6, 6.07) is 8.69. The molecule has 4 nitrogen and oxygen atoms in total. The van der Waals surface area contributed by atoms with Gasteiger partial charge in [-0.05, 0) is 36.3 Å². The van der Waals surface area contributed by atoms with Gasteiger partial charge >= 0.3 is 0 Å². The number of nitrogens with one attached hydrogen (secondary N) is 1. The zero-order valence-corrected chi connectivity index (χ0v) is 12.8. The molecule has 1 fully saturated rings. The first kappa shape index (κ1) is 14.4. The van der Waals surface area contributed by atoms with E-state index in [1.807, 2.05) is 7.05 Å². The van der Waals surface area contributed by atoms with E-state index in [9.17, 15) is 0 Å². The molecule has 1 aliphatic carbocycles. The Kier molecular flexibility index (Phi) is 4.76. The van der Waals surface area contributed by atoms with Crippen LogP contribution in [0.15, 0.2) is 29.3 Å². The Labute approximate surface area is 127 Å². The Bertz CT molecular complexity index is 497. The second-order valence-electron chi connectivity index (χ2n) is 5.93. The second kappa shape index (κ2) is 6.94. The van der Waals surface area contributed by atoms with Gasteiger partial charge in [0.25, 0.3) is 0 Å². The Hall–Kier alpha value is -1.55. The number of nitrogens with zero attached hydrogens (tertiary/aromatic N) is 2. The molecule has 1 saturated carbocycles. The molecule has 3 rings (SSSR count). The summed E-state index contributed by atoms with van der Waals surface area (Å²) in [5.74, 6) is 1.82. The monoisotopic (exact) mass is 287 g/mol. The Morgan fingerprint density at radius 3 is 2.90 bits per heavy atom. The first-order valence-electron chi connectivity index (χ1n) is 7.97. The van der Waals surface area contributed by atoms with Crippen LogP contribution in [0.4, 0.5) is 0 Å². The lowest BCUT2D eigenvalue weighted by atomic mass is 10.0. The van der Waals surface area contributed by atoms with Crippen molar-refractivity contribution in [1.82, 2.24) is 10.2 Å². The average molecular weight is 287 g/mol. The Morgan fingerprint density at radius 2 is 2.14 bits per heavy atom. The molecule has 0 atom stereocenters. The van der Waals surface area contributed by atoms with Gasteiger partial charge < -0.3 is 15.0 Å². The number of guanidine groups is 1. The van der Waals surface area contributed by atoms with Gasteiger partial charge in [0.05, 0.1) is 6.61 Å². The van der Waals surface area contributed by atoms with E-state index in [-0.39, 0.29) is 0 Å². The van der Waals surface area contributed by atoms with Crippen LogP contribution in [-0.2, 0) is 17.7 Å². The minimum absolute atomic E-state index is 0.764. The maximum absolute atomic E-state index is 5.66. The summed E-state index contributed by atoms with van der Waals surface area (Å²) in [6.45, 7) is 4.49. The predicted octanol–water partition coefficient (Wildman–Crippen LogP) is 2.05. The normalized spacial score (nSPS) is 18.5. The highest BCUT2D eigenvalue weighted by Crippen LogP contribution is 2.28. The van der Waals surface area contributed by atoms with Crippen LogP contribution in [0.2, 0.25) is 0 Å². The third-order valence-corrected chi connectivity index (χ3v) is 4.22. The smallest absolute Gasteiger partial charge is 0.194 e. The van der Waals surface area contributed by atoms with Gasteiger partial charge in [-0.25, -0.2) is 0 Å². The quantitative estimate of drug-likeness (QED) is 0.511. The van der Waals surface area contributed by atoms with Gasteiger partial charge in [0, 0.05) is 33.3 Å². The van der Waals surface area contributed by atoms with Crippen molar-refractivity contribution in [2.45, 2.75) is 25.8 Å². The van der Waals surface area contributed by atoms with Gasteiger partial charge in [0.1, 0.15) is 0 Å². The standard InChI is InChI=1S/C17H25N3O/c1-18-17(19-9-11-21-13-14-6-7-14)20-10-8-15-4-2-3-5-16(15)12-20/h2-5,14H,6-13H2,1H3,(H,18,19). The number of hydrogen-bond acceptors (Lipinski definition) is 2. The zero-order valence-electron chi connectivity index (χ0n) is 12.8. The van der Waals surface area contributed by atoms with Crippen molar-refractivity contribution in [3.8, 4) is 0 Å². The lowest BCUT2D eigenvalue weighted by molar-refractivity contribution is 0.128. The van der Waals surface area contributed by atoms with Crippen molar-refractivity contribution >= 4 is 5.96 Å². The van der Waals surface area contributed by atoms with E-state index >= 15 is 0 Å². The molecule has 1 aromatic carbocycles. The van der Waals surface area contributed by atoms with E-state index in [1.54, 1.807) is 0 Å². The van der Waals surface area contributed by atoms with Gasteiger partial charge in [0.15, 0.2) is 5.96 Å². The molecule has 0 aromatic heterocycles. The Morgan fingerprint density at radius 1 is 1.33 bits per heavy atom. The van der Waals surface area contributed by atoms with Crippen molar-refractivity contribution in [3.05, 3.63) is 35.4 Å². The molecular formula is C17H25N3O. The molecule has 1 N–H and O–H groups in total. The molecule has 0 radical (unpaired) electrons. The summed E-state index contributed by atoms with van der Waals surface area (Å²) in [5, 5.41) is 3.42. The van der Waals surface area contributed by atoms with Crippen molar-refractivity contribution in [2.75, 3.05) is 33.4 Å². The fourth-order valence-electron chi connectivity index (χ4n) is 2.78. The van der Waals surface area contributed by atoms with Crippen molar-refractivity contribution < 1.29 is 4.74 Å². The van der Waals surface area contributed by atoms with Crippen LogP contribution in [0, 0.1) is 5.92 Å². The van der Waals surface area contributed by atoms with Gasteiger partial charge in [-0.3, -0.25) is 4.99 Å². The van der Waals surface area contributed by atoms with Crippen LogP contribution in [-0.4, -0.2) is 44.2 Å². The molecule has 114 valence electrons. The molecule has 1 aliphatic heterocycles. The van der Waals surface area contributed by atoms with Gasteiger partial charge in [-0.15, -0.1) is 0 Å². The van der Waals surface area contributed by atoms with Crippen LogP contribution < -0.4 is 5.32 Å². The molecule has 0 amide bonds. The van der Waals surface area contributed by atoms with E-state index < -0.39 is 0 Å². The van der Waals surface area contributed by atoms with Crippen LogP contribution in [0.5, 0.6) is 0 Å². The van der Waals surface area contributed by atoms with Crippen LogP contribution in [0.25, 0.3) is 0 Å². The van der Waals surface area contributed by atoms with Gasteiger partial charge in [0.2, 0.25) is 0 Å². The maximum atomic E-state index is 5.66. The Balaban J connectivity index is 1.45. The van der Waals surface area contributed by atoms with E-state index in [0.717, 1.165) is 51.1 Å². The SMILES string of the molecule is CN=C(NCCOCC1CC1)N1CCc2ccccc2C1. The summed E-state index contributed by atoms with van der Waals surface area (Å²) < 4.78 is 5.66. The topological polar surface area (TPSA) is 36.9 Å². The summed E-state index contributed by atoms with van der Waals surface area (Å²) in [7, 11) is 1.86. The molecule has 0 unspecified atom stereocenters. The lowest BCUT2D eigenvalue weighted by Gasteiger charge is -2.31. The van der Waals surface area contributed by atoms with E-state index in [0.29, 0.717) is 0 Å². The average Bonchev–Trinajstić information content (AvgIpc) is 3.35. The summed E-state index contributed by atoms with van der Waals surface area (Å²) in [6.07, 6.45) is 3.79. The van der Waals surface area contributed by atoms with Crippen LogP contribution in [0.3, 0.4) is 0 Å². The molecule has 1 heterocycles. The lowest BCUT2D eigenvalue weighted by Crippen LogP contribution is -2.44. The van der Waals surface area contributed by atoms with E-state index in [2.05, 4.69) is 39.5 Å². The molecule has 0 spiro atoms. The summed E-state index contributed by atoms with van der Waals surface area (Å²) in [4.78, 5) is 6.73. The minimum atomic E-state index is 0.764. The first-order chi connectivity index (χ1) is 10.4. The summed E-state index contributed by atoms with van der Waals surface area (Å²) in [5.41, 5.74) is 2.88. The first-order valence-corrected chi connectivity index (χ1v) is 7.97. The van der Waals surface area contributed by atoms with Crippen molar-refractivity contribution in [1.29, 1.82) is 0 Å². The van der Waals surface area contributed by atoms with Crippen LogP contribution in [0.1, 0.15) is 24.0 Å². The third kappa shape index (κ3) is 3.97. The number of rotatable bonds is 5. The molecule has 21 heavy (non-hydrogen) atoms. The highest BCUT2D eigenvalue weighted by molar-refractivity contribution is 5.80. The molecule has 1 aromatic rings. The molecule has 4 heteroatoms. The van der Waals surface area contributed by atoms with Gasteiger partial charge in [-0.2, -0.15) is 0 Å². The zero-order chi connectivity index (χ0) is 14.5. The van der Waals surface area contributed by atoms with Crippen LogP contribution >= 0.6 is 0 Å². The molecule has 0 bridgehead atoms. The predicted molar refractivity (Wildman–Crippen MR) is 85.5 cm³/mol. The van der Waals surface area contributed by atoms with Crippen molar-refractivity contribution in [3.63, 3.8) is 0 Å².